The molecule has 8 heteroatoms. The van der Waals surface area contributed by atoms with Crippen LogP contribution in [0.15, 0.2) is 48.5 Å². The summed E-state index contributed by atoms with van der Waals surface area (Å²) in [5, 5.41) is 10.1. The fraction of sp³-hybridized carbons (Fsp3) is 0.211. The van der Waals surface area contributed by atoms with E-state index in [4.69, 9.17) is 0 Å². The fourth-order valence-electron chi connectivity index (χ4n) is 2.26. The Bertz CT molecular complexity index is 812. The summed E-state index contributed by atoms with van der Waals surface area (Å²) in [6, 6.07) is 12.5. The number of hydrogen-bond acceptors (Lipinski definition) is 3. The maximum atomic E-state index is 13.9. The van der Waals surface area contributed by atoms with Crippen LogP contribution in [0, 0.1) is 5.82 Å². The molecule has 4 N–H and O–H groups in total. The van der Waals surface area contributed by atoms with E-state index in [1.54, 1.807) is 12.1 Å². The van der Waals surface area contributed by atoms with Gasteiger partial charge in [-0.2, -0.15) is 0 Å². The Hall–Kier alpha value is -3.42. The van der Waals surface area contributed by atoms with Crippen LogP contribution >= 0.6 is 0 Å². The molecule has 0 aliphatic rings. The van der Waals surface area contributed by atoms with Crippen molar-refractivity contribution in [2.24, 2.45) is 0 Å². The fourth-order valence-corrected chi connectivity index (χ4v) is 2.26. The van der Waals surface area contributed by atoms with Crippen LogP contribution in [-0.2, 0) is 16.0 Å². The highest BCUT2D eigenvalue weighted by molar-refractivity contribution is 5.94. The second kappa shape index (κ2) is 9.91. The molecule has 27 heavy (non-hydrogen) atoms. The number of amides is 4. The van der Waals surface area contributed by atoms with Crippen LogP contribution < -0.4 is 21.3 Å². The average molecular weight is 372 g/mol. The topological polar surface area (TPSA) is 99.3 Å². The normalized spacial score (nSPS) is 10.0. The molecular formula is C19H21FN4O3. The Morgan fingerprint density at radius 3 is 2.33 bits per heavy atom. The van der Waals surface area contributed by atoms with Crippen molar-refractivity contribution in [2.45, 2.75) is 13.3 Å². The third kappa shape index (κ3) is 7.15. The maximum absolute atomic E-state index is 13.9. The number of carbonyl (C=O) groups excluding carboxylic acids is 3. The molecule has 0 aromatic heterocycles. The summed E-state index contributed by atoms with van der Waals surface area (Å²) in [7, 11) is 0. The minimum atomic E-state index is -0.604. The van der Waals surface area contributed by atoms with Crippen molar-refractivity contribution in [3.8, 4) is 0 Å². The minimum absolute atomic E-state index is 0.0213. The van der Waals surface area contributed by atoms with Gasteiger partial charge in [-0.25, -0.2) is 9.18 Å². The highest BCUT2D eigenvalue weighted by atomic mass is 19.1. The van der Waals surface area contributed by atoms with E-state index in [0.717, 1.165) is 11.6 Å². The third-order valence-corrected chi connectivity index (χ3v) is 3.49. The molecule has 0 unspecified atom stereocenters. The molecule has 0 atom stereocenters. The quantitative estimate of drug-likeness (QED) is 0.561. The molecule has 0 heterocycles. The van der Waals surface area contributed by atoms with Crippen LogP contribution in [-0.4, -0.2) is 30.9 Å². The summed E-state index contributed by atoms with van der Waals surface area (Å²) in [6.45, 7) is 1.92. The van der Waals surface area contributed by atoms with E-state index in [1.807, 2.05) is 18.2 Å². The van der Waals surface area contributed by atoms with E-state index in [9.17, 15) is 18.8 Å². The van der Waals surface area contributed by atoms with E-state index >= 15 is 0 Å². The van der Waals surface area contributed by atoms with Crippen LogP contribution in [0.4, 0.5) is 20.6 Å². The highest BCUT2D eigenvalue weighted by Crippen LogP contribution is 2.20. The Balaban J connectivity index is 1.90. The van der Waals surface area contributed by atoms with Crippen LogP contribution in [0.25, 0.3) is 0 Å². The minimum Gasteiger partial charge on any atom is -0.355 e. The van der Waals surface area contributed by atoms with E-state index in [0.29, 0.717) is 12.2 Å². The summed E-state index contributed by atoms with van der Waals surface area (Å²) in [5.74, 6) is -1.16. The van der Waals surface area contributed by atoms with Gasteiger partial charge in [-0.15, -0.1) is 0 Å². The lowest BCUT2D eigenvalue weighted by Crippen LogP contribution is -2.36. The van der Waals surface area contributed by atoms with Gasteiger partial charge < -0.3 is 21.3 Å². The van der Waals surface area contributed by atoms with Crippen LogP contribution in [0.3, 0.4) is 0 Å². The number of hydrogen-bond donors (Lipinski definition) is 4. The van der Waals surface area contributed by atoms with Crippen molar-refractivity contribution in [1.82, 2.24) is 10.6 Å². The van der Waals surface area contributed by atoms with Gasteiger partial charge in [0.2, 0.25) is 11.8 Å². The highest BCUT2D eigenvalue weighted by Gasteiger charge is 2.10. The van der Waals surface area contributed by atoms with E-state index < -0.39 is 11.8 Å². The molecule has 7 nitrogen and oxygen atoms in total. The standard InChI is InChI=1S/C19H21FN4O3/c1-13(25)21-9-10-22-19(27)23-15-7-8-16(20)17(12-15)24-18(26)11-14-5-3-2-4-6-14/h2-8,12H,9-11H2,1H3,(H,21,25)(H,24,26)(H2,22,23,27). The van der Waals surface area contributed by atoms with E-state index in [2.05, 4.69) is 21.3 Å². The smallest absolute Gasteiger partial charge is 0.319 e. The summed E-state index contributed by atoms with van der Waals surface area (Å²) < 4.78 is 13.9. The van der Waals surface area contributed by atoms with Gasteiger partial charge in [0.25, 0.3) is 0 Å². The Labute approximate surface area is 156 Å². The van der Waals surface area contributed by atoms with Crippen molar-refractivity contribution in [3.05, 3.63) is 59.9 Å². The molecule has 0 radical (unpaired) electrons. The van der Waals surface area contributed by atoms with Gasteiger partial charge in [0.1, 0.15) is 5.82 Å². The first kappa shape index (κ1) is 19.9. The van der Waals surface area contributed by atoms with Crippen molar-refractivity contribution >= 4 is 29.2 Å². The van der Waals surface area contributed by atoms with Crippen molar-refractivity contribution < 1.29 is 18.8 Å². The van der Waals surface area contributed by atoms with Crippen LogP contribution in [0.5, 0.6) is 0 Å². The average Bonchev–Trinajstić information content (AvgIpc) is 2.62. The molecule has 0 saturated carbocycles. The first-order chi connectivity index (χ1) is 12.9. The second-order valence-corrected chi connectivity index (χ2v) is 5.77. The number of rotatable bonds is 7. The van der Waals surface area contributed by atoms with Crippen LogP contribution in [0.1, 0.15) is 12.5 Å². The van der Waals surface area contributed by atoms with Gasteiger partial charge in [-0.3, -0.25) is 9.59 Å². The van der Waals surface area contributed by atoms with Crippen molar-refractivity contribution in [1.29, 1.82) is 0 Å². The van der Waals surface area contributed by atoms with Gasteiger partial charge in [-0.1, -0.05) is 30.3 Å². The van der Waals surface area contributed by atoms with E-state index in [1.165, 1.54) is 19.1 Å². The number of urea groups is 1. The lowest BCUT2D eigenvalue weighted by molar-refractivity contribution is -0.119. The molecule has 0 aliphatic heterocycles. The predicted octanol–water partition coefficient (Wildman–Crippen LogP) is 2.26. The number of benzene rings is 2. The summed E-state index contributed by atoms with van der Waals surface area (Å²) in [6.07, 6.45) is 0.113. The maximum Gasteiger partial charge on any atom is 0.319 e. The number of anilines is 2. The molecule has 0 fully saturated rings. The molecule has 0 bridgehead atoms. The monoisotopic (exact) mass is 372 g/mol. The Morgan fingerprint density at radius 2 is 1.63 bits per heavy atom. The van der Waals surface area contributed by atoms with Gasteiger partial charge >= 0.3 is 6.03 Å². The number of carbonyl (C=O) groups is 3. The largest absolute Gasteiger partial charge is 0.355 e. The molecule has 142 valence electrons. The summed E-state index contributed by atoms with van der Waals surface area (Å²) >= 11 is 0. The predicted molar refractivity (Wildman–Crippen MR) is 101 cm³/mol. The molecule has 2 rings (SSSR count). The molecule has 4 amide bonds. The first-order valence-corrected chi connectivity index (χ1v) is 8.36. The van der Waals surface area contributed by atoms with E-state index in [-0.39, 0.29) is 30.5 Å². The molecule has 2 aromatic rings. The van der Waals surface area contributed by atoms with Crippen LogP contribution in [0.2, 0.25) is 0 Å². The van der Waals surface area contributed by atoms with Crippen molar-refractivity contribution in [2.75, 3.05) is 23.7 Å². The molecular weight excluding hydrogens is 351 g/mol. The second-order valence-electron chi connectivity index (χ2n) is 5.77. The van der Waals surface area contributed by atoms with Gasteiger partial charge in [0.15, 0.2) is 0 Å². The third-order valence-electron chi connectivity index (χ3n) is 3.49. The molecule has 0 saturated heterocycles. The molecule has 2 aromatic carbocycles. The number of halogens is 1. The molecule has 0 spiro atoms. The number of nitrogens with one attached hydrogen (secondary N) is 4. The Morgan fingerprint density at radius 1 is 0.926 bits per heavy atom. The first-order valence-electron chi connectivity index (χ1n) is 8.36. The lowest BCUT2D eigenvalue weighted by Gasteiger charge is -2.11. The Kier molecular flexibility index (Phi) is 7.30. The SMILES string of the molecule is CC(=O)NCCNC(=O)Nc1ccc(F)c(NC(=O)Cc2ccccc2)c1. The lowest BCUT2D eigenvalue weighted by atomic mass is 10.1. The summed E-state index contributed by atoms with van der Waals surface area (Å²) in [4.78, 5) is 34.6. The zero-order chi connectivity index (χ0) is 19.6. The molecule has 0 aliphatic carbocycles. The van der Waals surface area contributed by atoms with Gasteiger partial charge in [0.05, 0.1) is 12.1 Å². The zero-order valence-electron chi connectivity index (χ0n) is 14.8. The zero-order valence-corrected chi connectivity index (χ0v) is 14.8. The summed E-state index contributed by atoms with van der Waals surface area (Å²) in [5.41, 5.74) is 1.11. The van der Waals surface area contributed by atoms with Gasteiger partial charge in [0, 0.05) is 25.7 Å². The van der Waals surface area contributed by atoms with Gasteiger partial charge in [-0.05, 0) is 23.8 Å². The van der Waals surface area contributed by atoms with Crippen molar-refractivity contribution in [3.63, 3.8) is 0 Å².